The average molecular weight is 339 g/mol. The molecule has 1 heterocycles. The lowest BCUT2D eigenvalue weighted by atomic mass is 9.82. The molecule has 0 aromatic rings. The van der Waals surface area contributed by atoms with Gasteiger partial charge in [-0.15, -0.1) is 24.8 Å². The Hall–Kier alpha value is 0.500. The number of halogens is 2. The monoisotopic (exact) mass is 338 g/mol. The second kappa shape index (κ2) is 11.1. The van der Waals surface area contributed by atoms with Gasteiger partial charge in [0.05, 0.1) is 0 Å². The molecule has 0 amide bonds. The van der Waals surface area contributed by atoms with Crippen molar-refractivity contribution >= 4 is 24.8 Å². The summed E-state index contributed by atoms with van der Waals surface area (Å²) in [4.78, 5) is 5.35. The second-order valence-electron chi connectivity index (χ2n) is 6.78. The summed E-state index contributed by atoms with van der Waals surface area (Å²) in [6.45, 7) is 13.5. The van der Waals surface area contributed by atoms with Crippen LogP contribution in [-0.2, 0) is 0 Å². The van der Waals surface area contributed by atoms with Gasteiger partial charge in [0.1, 0.15) is 0 Å². The van der Waals surface area contributed by atoms with Crippen molar-refractivity contribution in [3.63, 3.8) is 0 Å². The highest BCUT2D eigenvalue weighted by atomic mass is 35.5. The number of rotatable bonds is 7. The fourth-order valence-electron chi connectivity index (χ4n) is 4.13. The first-order chi connectivity index (χ1) is 9.24. The lowest BCUT2D eigenvalue weighted by Gasteiger charge is -2.26. The number of nitrogens with zero attached hydrogens (tertiary/aromatic N) is 2. The maximum absolute atomic E-state index is 2.79. The third-order valence-electron chi connectivity index (χ3n) is 5.62. The number of hydrogen-bond donors (Lipinski definition) is 0. The Morgan fingerprint density at radius 1 is 1.00 bits per heavy atom. The van der Waals surface area contributed by atoms with Crippen molar-refractivity contribution in [1.82, 2.24) is 9.80 Å². The van der Waals surface area contributed by atoms with Gasteiger partial charge in [0, 0.05) is 19.1 Å². The topological polar surface area (TPSA) is 6.48 Å². The molecule has 0 aromatic heterocycles. The fourth-order valence-corrected chi connectivity index (χ4v) is 4.13. The zero-order valence-corrected chi connectivity index (χ0v) is 15.9. The summed E-state index contributed by atoms with van der Waals surface area (Å²) in [5, 5.41) is 0. The predicted octanol–water partition coefficient (Wildman–Crippen LogP) is 4.46. The van der Waals surface area contributed by atoms with E-state index in [4.69, 9.17) is 0 Å². The molecule has 4 heteroatoms. The van der Waals surface area contributed by atoms with Crippen LogP contribution in [0.2, 0.25) is 0 Å². The number of hydrogen-bond acceptors (Lipinski definition) is 2. The van der Waals surface area contributed by atoms with Gasteiger partial charge in [-0.1, -0.05) is 26.7 Å². The van der Waals surface area contributed by atoms with E-state index < -0.39 is 0 Å². The maximum Gasteiger partial charge on any atom is 0.00676 e. The largest absolute Gasteiger partial charge is 0.304 e. The van der Waals surface area contributed by atoms with E-state index in [-0.39, 0.29) is 24.8 Å². The number of likely N-dealkylation sites (tertiary alicyclic amines) is 1. The Morgan fingerprint density at radius 2 is 1.52 bits per heavy atom. The molecular formula is C17H36Cl2N2. The van der Waals surface area contributed by atoms with E-state index in [0.717, 1.165) is 17.9 Å². The molecule has 128 valence electrons. The minimum absolute atomic E-state index is 0. The van der Waals surface area contributed by atoms with Crippen molar-refractivity contribution in [3.8, 4) is 0 Å². The van der Waals surface area contributed by atoms with Crippen LogP contribution in [0.4, 0.5) is 0 Å². The van der Waals surface area contributed by atoms with Gasteiger partial charge in [-0.2, -0.15) is 0 Å². The summed E-state index contributed by atoms with van der Waals surface area (Å²) in [7, 11) is 0. The van der Waals surface area contributed by atoms with E-state index >= 15 is 0 Å². The zero-order valence-electron chi connectivity index (χ0n) is 14.2. The lowest BCUT2D eigenvalue weighted by Crippen LogP contribution is -2.32. The summed E-state index contributed by atoms with van der Waals surface area (Å²) in [6, 6.07) is 0.807. The van der Waals surface area contributed by atoms with Crippen LogP contribution in [0.15, 0.2) is 0 Å². The first-order valence-electron chi connectivity index (χ1n) is 8.71. The van der Waals surface area contributed by atoms with Crippen molar-refractivity contribution in [2.75, 3.05) is 32.7 Å². The van der Waals surface area contributed by atoms with Crippen LogP contribution in [-0.4, -0.2) is 48.6 Å². The van der Waals surface area contributed by atoms with Crippen LogP contribution in [0.5, 0.6) is 0 Å². The Labute approximate surface area is 144 Å². The smallest absolute Gasteiger partial charge is 0.00676 e. The zero-order chi connectivity index (χ0) is 13.7. The number of fused-ring (bicyclic) bond motifs is 1. The van der Waals surface area contributed by atoms with Crippen LogP contribution < -0.4 is 0 Å². The fraction of sp³-hybridized carbons (Fsp3) is 1.00. The van der Waals surface area contributed by atoms with Crippen molar-refractivity contribution in [2.45, 2.75) is 65.3 Å². The van der Waals surface area contributed by atoms with E-state index in [1.165, 1.54) is 71.2 Å². The average Bonchev–Trinajstić information content (AvgIpc) is 2.87. The lowest BCUT2D eigenvalue weighted by molar-refractivity contribution is 0.217. The minimum Gasteiger partial charge on any atom is -0.304 e. The summed E-state index contributed by atoms with van der Waals surface area (Å²) < 4.78 is 0. The molecule has 21 heavy (non-hydrogen) atoms. The van der Waals surface area contributed by atoms with Gasteiger partial charge in [0.15, 0.2) is 0 Å². The van der Waals surface area contributed by atoms with Gasteiger partial charge in [0.25, 0.3) is 0 Å². The molecule has 1 saturated carbocycles. The molecule has 3 unspecified atom stereocenters. The highest BCUT2D eigenvalue weighted by Crippen LogP contribution is 2.37. The summed E-state index contributed by atoms with van der Waals surface area (Å²) >= 11 is 0. The molecule has 0 aromatic carbocycles. The Bertz CT molecular complexity index is 245. The van der Waals surface area contributed by atoms with Crippen molar-refractivity contribution in [1.29, 1.82) is 0 Å². The first-order valence-corrected chi connectivity index (χ1v) is 8.71. The second-order valence-corrected chi connectivity index (χ2v) is 6.78. The van der Waals surface area contributed by atoms with E-state index in [1.807, 2.05) is 0 Å². The quantitative estimate of drug-likeness (QED) is 0.675. The molecule has 0 radical (unpaired) electrons. The molecule has 1 aliphatic carbocycles. The molecule has 0 bridgehead atoms. The third kappa shape index (κ3) is 6.25. The Kier molecular flexibility index (Phi) is 11.4. The standard InChI is InChI=1S/C17H34N2.2ClH/c1-4-18(5-2)12-8-9-15(3)19-13-16-10-6-7-11-17(16)14-19;;/h15-17H,4-14H2,1-3H3;2*1H. The van der Waals surface area contributed by atoms with Gasteiger partial charge >= 0.3 is 0 Å². The molecule has 3 atom stereocenters. The molecule has 2 fully saturated rings. The normalized spacial score (nSPS) is 26.9. The highest BCUT2D eigenvalue weighted by Gasteiger charge is 2.35. The maximum atomic E-state index is 2.79. The molecule has 0 N–H and O–H groups in total. The third-order valence-corrected chi connectivity index (χ3v) is 5.62. The summed E-state index contributed by atoms with van der Waals surface area (Å²) in [6.07, 6.45) is 8.75. The van der Waals surface area contributed by atoms with E-state index in [1.54, 1.807) is 0 Å². The molecule has 1 saturated heterocycles. The van der Waals surface area contributed by atoms with Gasteiger partial charge < -0.3 is 9.80 Å². The van der Waals surface area contributed by atoms with E-state index in [2.05, 4.69) is 30.6 Å². The van der Waals surface area contributed by atoms with E-state index in [9.17, 15) is 0 Å². The van der Waals surface area contributed by atoms with Gasteiger partial charge in [-0.05, 0) is 64.1 Å². The van der Waals surface area contributed by atoms with Gasteiger partial charge in [0.2, 0.25) is 0 Å². The molecule has 0 spiro atoms. The van der Waals surface area contributed by atoms with Crippen LogP contribution >= 0.6 is 24.8 Å². The van der Waals surface area contributed by atoms with E-state index in [0.29, 0.717) is 0 Å². The van der Waals surface area contributed by atoms with Crippen LogP contribution in [0, 0.1) is 11.8 Å². The molecule has 2 rings (SSSR count). The predicted molar refractivity (Wildman–Crippen MR) is 98.0 cm³/mol. The Balaban J connectivity index is 0.00000200. The Morgan fingerprint density at radius 3 is 2.00 bits per heavy atom. The van der Waals surface area contributed by atoms with Crippen molar-refractivity contribution in [3.05, 3.63) is 0 Å². The van der Waals surface area contributed by atoms with Crippen molar-refractivity contribution < 1.29 is 0 Å². The minimum atomic E-state index is 0. The van der Waals surface area contributed by atoms with Crippen molar-refractivity contribution in [2.24, 2.45) is 11.8 Å². The molecule has 2 aliphatic rings. The van der Waals surface area contributed by atoms with Crippen LogP contribution in [0.25, 0.3) is 0 Å². The first kappa shape index (κ1) is 21.5. The molecular weight excluding hydrogens is 303 g/mol. The van der Waals surface area contributed by atoms with Crippen LogP contribution in [0.3, 0.4) is 0 Å². The van der Waals surface area contributed by atoms with Gasteiger partial charge in [-0.25, -0.2) is 0 Å². The SMILES string of the molecule is CCN(CC)CCCC(C)N1CC2CCCCC2C1.Cl.Cl. The summed E-state index contributed by atoms with van der Waals surface area (Å²) in [5.74, 6) is 2.08. The summed E-state index contributed by atoms with van der Waals surface area (Å²) in [5.41, 5.74) is 0. The van der Waals surface area contributed by atoms with Gasteiger partial charge in [-0.3, -0.25) is 0 Å². The molecule has 2 nitrogen and oxygen atoms in total. The van der Waals surface area contributed by atoms with Crippen LogP contribution in [0.1, 0.15) is 59.3 Å². The highest BCUT2D eigenvalue weighted by molar-refractivity contribution is 5.85. The molecule has 1 aliphatic heterocycles.